The van der Waals surface area contributed by atoms with Crippen LogP contribution in [0, 0.1) is 0 Å². The second-order valence-electron chi connectivity index (χ2n) is 4.43. The van der Waals surface area contributed by atoms with Gasteiger partial charge >= 0.3 is 5.97 Å². The van der Waals surface area contributed by atoms with Gasteiger partial charge in [0.25, 0.3) is 0 Å². The van der Waals surface area contributed by atoms with Gasteiger partial charge in [-0.15, -0.1) is 0 Å². The summed E-state index contributed by atoms with van der Waals surface area (Å²) in [7, 11) is 0. The molecule has 0 fully saturated rings. The highest BCUT2D eigenvalue weighted by molar-refractivity contribution is 5.91. The number of hydrogen-bond donors (Lipinski definition) is 3. The summed E-state index contributed by atoms with van der Waals surface area (Å²) in [5.41, 5.74) is -0.0378. The number of benzene rings is 1. The van der Waals surface area contributed by atoms with E-state index in [0.29, 0.717) is 5.56 Å². The lowest BCUT2D eigenvalue weighted by Gasteiger charge is -2.24. The molecule has 0 unspecified atom stereocenters. The molecule has 0 aliphatic rings. The Hall–Kier alpha value is -1.71. The third kappa shape index (κ3) is 2.10. The lowest BCUT2D eigenvalue weighted by molar-refractivity contribution is 0.0693. The van der Waals surface area contributed by atoms with Crippen molar-refractivity contribution in [2.75, 3.05) is 0 Å². The fraction of sp³-hybridized carbons (Fsp3) is 0.417. The van der Waals surface area contributed by atoms with Crippen LogP contribution in [0.4, 0.5) is 0 Å². The molecule has 1 rings (SSSR count). The van der Waals surface area contributed by atoms with Gasteiger partial charge in [-0.3, -0.25) is 0 Å². The van der Waals surface area contributed by atoms with Crippen LogP contribution in [0.1, 0.15) is 43.1 Å². The Kier molecular flexibility index (Phi) is 3.12. The average Bonchev–Trinajstić information content (AvgIpc) is 2.20. The largest absolute Gasteiger partial charge is 0.508 e. The molecule has 1 aromatic carbocycles. The highest BCUT2D eigenvalue weighted by Gasteiger charge is 2.24. The van der Waals surface area contributed by atoms with E-state index < -0.39 is 5.97 Å². The van der Waals surface area contributed by atoms with E-state index in [4.69, 9.17) is 5.11 Å². The van der Waals surface area contributed by atoms with E-state index in [1.165, 1.54) is 6.07 Å². The summed E-state index contributed by atoms with van der Waals surface area (Å²) in [5, 5.41) is 28.1. The molecule has 0 aliphatic carbocycles. The van der Waals surface area contributed by atoms with Gasteiger partial charge < -0.3 is 15.3 Å². The second-order valence-corrected chi connectivity index (χ2v) is 4.43. The van der Waals surface area contributed by atoms with E-state index in [1.807, 2.05) is 20.8 Å². The molecule has 4 heteroatoms. The minimum Gasteiger partial charge on any atom is -0.508 e. The fourth-order valence-corrected chi connectivity index (χ4v) is 1.48. The van der Waals surface area contributed by atoms with E-state index in [9.17, 15) is 15.0 Å². The molecule has 1 aromatic rings. The molecule has 0 amide bonds. The summed E-state index contributed by atoms with van der Waals surface area (Å²) in [4.78, 5) is 10.7. The van der Waals surface area contributed by atoms with Gasteiger partial charge in [-0.05, 0) is 24.0 Å². The predicted molar refractivity (Wildman–Crippen MR) is 60.0 cm³/mol. The van der Waals surface area contributed by atoms with Crippen molar-refractivity contribution < 1.29 is 20.1 Å². The van der Waals surface area contributed by atoms with E-state index in [-0.39, 0.29) is 22.5 Å². The maximum atomic E-state index is 10.7. The van der Waals surface area contributed by atoms with Crippen molar-refractivity contribution in [2.24, 2.45) is 0 Å². The second kappa shape index (κ2) is 4.04. The van der Waals surface area contributed by atoms with Gasteiger partial charge in [0.15, 0.2) is 0 Å². The van der Waals surface area contributed by atoms with Gasteiger partial charge in [-0.2, -0.15) is 0 Å². The fourth-order valence-electron chi connectivity index (χ4n) is 1.48. The van der Waals surface area contributed by atoms with Gasteiger partial charge in [0.05, 0.1) is 0 Å². The van der Waals surface area contributed by atoms with Crippen molar-refractivity contribution in [3.8, 4) is 11.5 Å². The first-order chi connectivity index (χ1) is 7.29. The van der Waals surface area contributed by atoms with Crippen molar-refractivity contribution in [3.63, 3.8) is 0 Å². The van der Waals surface area contributed by atoms with Gasteiger partial charge in [-0.1, -0.05) is 20.8 Å². The predicted octanol–water partition coefficient (Wildman–Crippen LogP) is 2.48. The topological polar surface area (TPSA) is 77.8 Å². The van der Waals surface area contributed by atoms with E-state index in [2.05, 4.69) is 0 Å². The summed E-state index contributed by atoms with van der Waals surface area (Å²) in [6, 6.07) is 2.41. The standard InChI is InChI=1S/C12H16O4/c1-4-12(2,3)8-6-9(13)7(11(15)16)5-10(8)14/h5-6,13-14H,4H2,1-3H3,(H,15,16). The van der Waals surface area contributed by atoms with Crippen LogP contribution in [0.25, 0.3) is 0 Å². The average molecular weight is 224 g/mol. The van der Waals surface area contributed by atoms with Crippen LogP contribution in [0.5, 0.6) is 11.5 Å². The molecule has 3 N–H and O–H groups in total. The number of aromatic hydroxyl groups is 2. The summed E-state index contributed by atoms with van der Waals surface area (Å²) in [5.74, 6) is -1.67. The van der Waals surface area contributed by atoms with Gasteiger partial charge in [-0.25, -0.2) is 4.79 Å². The van der Waals surface area contributed by atoms with Crippen LogP contribution < -0.4 is 0 Å². The Bertz CT molecular complexity index is 421. The lowest BCUT2D eigenvalue weighted by atomic mass is 9.81. The van der Waals surface area contributed by atoms with E-state index in [0.717, 1.165) is 12.5 Å². The molecule has 0 aliphatic heterocycles. The molecule has 0 spiro atoms. The maximum absolute atomic E-state index is 10.7. The molecule has 4 nitrogen and oxygen atoms in total. The Morgan fingerprint density at radius 3 is 2.25 bits per heavy atom. The molecule has 0 aromatic heterocycles. The number of aromatic carboxylic acids is 1. The molecule has 0 saturated carbocycles. The van der Waals surface area contributed by atoms with Crippen molar-refractivity contribution in [2.45, 2.75) is 32.6 Å². The van der Waals surface area contributed by atoms with Gasteiger partial charge in [0.1, 0.15) is 17.1 Å². The molecule has 0 saturated heterocycles. The number of carboxylic acids is 1. The zero-order valence-corrected chi connectivity index (χ0v) is 9.61. The Balaban J connectivity index is 3.37. The van der Waals surface area contributed by atoms with Crippen molar-refractivity contribution >= 4 is 5.97 Å². The van der Waals surface area contributed by atoms with Crippen molar-refractivity contribution in [3.05, 3.63) is 23.3 Å². The van der Waals surface area contributed by atoms with Crippen LogP contribution in [0.15, 0.2) is 12.1 Å². The summed E-state index contributed by atoms with van der Waals surface area (Å²) in [6.07, 6.45) is 0.770. The molecule has 0 radical (unpaired) electrons. The van der Waals surface area contributed by atoms with Gasteiger partial charge in [0, 0.05) is 5.56 Å². The van der Waals surface area contributed by atoms with Crippen LogP contribution in [0.2, 0.25) is 0 Å². The van der Waals surface area contributed by atoms with E-state index >= 15 is 0 Å². The van der Waals surface area contributed by atoms with Crippen LogP contribution in [-0.2, 0) is 5.41 Å². The molecule has 16 heavy (non-hydrogen) atoms. The highest BCUT2D eigenvalue weighted by Crippen LogP contribution is 2.37. The quantitative estimate of drug-likeness (QED) is 0.689. The first kappa shape index (κ1) is 12.4. The Morgan fingerprint density at radius 2 is 1.81 bits per heavy atom. The van der Waals surface area contributed by atoms with Crippen LogP contribution in [0.3, 0.4) is 0 Å². The minimum absolute atomic E-state index is 0.0953. The molecule has 0 heterocycles. The smallest absolute Gasteiger partial charge is 0.339 e. The van der Waals surface area contributed by atoms with Crippen molar-refractivity contribution in [1.82, 2.24) is 0 Å². The van der Waals surface area contributed by atoms with Crippen molar-refractivity contribution in [1.29, 1.82) is 0 Å². The van der Waals surface area contributed by atoms with Crippen LogP contribution in [-0.4, -0.2) is 21.3 Å². The number of rotatable bonds is 3. The first-order valence-corrected chi connectivity index (χ1v) is 5.09. The number of phenols is 2. The normalized spacial score (nSPS) is 11.4. The molecule has 88 valence electrons. The molecular formula is C12H16O4. The first-order valence-electron chi connectivity index (χ1n) is 5.09. The Morgan fingerprint density at radius 1 is 1.25 bits per heavy atom. The monoisotopic (exact) mass is 224 g/mol. The number of phenolic OH excluding ortho intramolecular Hbond substituents is 1. The van der Waals surface area contributed by atoms with E-state index in [1.54, 1.807) is 0 Å². The third-order valence-corrected chi connectivity index (χ3v) is 2.96. The zero-order chi connectivity index (χ0) is 12.5. The summed E-state index contributed by atoms with van der Waals surface area (Å²) in [6.45, 7) is 5.80. The minimum atomic E-state index is -1.26. The summed E-state index contributed by atoms with van der Waals surface area (Å²) < 4.78 is 0. The SMILES string of the molecule is CCC(C)(C)c1cc(O)c(C(=O)O)cc1O. The Labute approximate surface area is 94.2 Å². The zero-order valence-electron chi connectivity index (χ0n) is 9.61. The maximum Gasteiger partial charge on any atom is 0.339 e. The number of carboxylic acid groups (broad SMARTS) is 1. The third-order valence-electron chi connectivity index (χ3n) is 2.96. The van der Waals surface area contributed by atoms with Crippen LogP contribution >= 0.6 is 0 Å². The number of carbonyl (C=O) groups is 1. The van der Waals surface area contributed by atoms with Gasteiger partial charge in [0.2, 0.25) is 0 Å². The lowest BCUT2D eigenvalue weighted by Crippen LogP contribution is -2.16. The molecule has 0 bridgehead atoms. The highest BCUT2D eigenvalue weighted by atomic mass is 16.4. The molecule has 0 atom stereocenters. The molecular weight excluding hydrogens is 208 g/mol. The number of hydrogen-bond acceptors (Lipinski definition) is 3. The summed E-state index contributed by atoms with van der Waals surface area (Å²) >= 11 is 0.